The van der Waals surface area contributed by atoms with Crippen LogP contribution in [-0.2, 0) is 14.3 Å². The summed E-state index contributed by atoms with van der Waals surface area (Å²) in [6, 6.07) is 9.13. The fraction of sp³-hybridized carbons (Fsp3) is 0.536. The standard InChI is InChI=1S/C28H32O4/c1-17(29)22-11-12-23-21-10-9-19-15-20(30)13-14-27(19,2)24(21)16-25(28(22,23)3)32-26(31)18-7-5-4-6-8-18/h4-8,13-15,21-25H,9-12,16H2,1-3H3/t21-,22+,23-,24-,25-,27-,28+/m0/s1. The van der Waals surface area contributed by atoms with Gasteiger partial charge in [-0.05, 0) is 81.1 Å². The highest BCUT2D eigenvalue weighted by Crippen LogP contribution is 2.66. The Bertz CT molecular complexity index is 1020. The molecule has 0 bridgehead atoms. The van der Waals surface area contributed by atoms with E-state index in [0.29, 0.717) is 23.3 Å². The lowest BCUT2D eigenvalue weighted by molar-refractivity contribution is -0.146. The summed E-state index contributed by atoms with van der Waals surface area (Å²) in [4.78, 5) is 37.9. The van der Waals surface area contributed by atoms with Crippen LogP contribution < -0.4 is 0 Å². The number of ether oxygens (including phenoxy) is 1. The van der Waals surface area contributed by atoms with Gasteiger partial charge in [0, 0.05) is 16.7 Å². The zero-order valence-electron chi connectivity index (χ0n) is 19.2. The highest BCUT2D eigenvalue weighted by molar-refractivity contribution is 6.01. The normalized spacial score (nSPS) is 40.0. The zero-order valence-corrected chi connectivity index (χ0v) is 19.2. The molecule has 4 nitrogen and oxygen atoms in total. The molecular weight excluding hydrogens is 400 g/mol. The molecule has 0 N–H and O–H groups in total. The molecule has 0 heterocycles. The number of hydrogen-bond donors (Lipinski definition) is 0. The average molecular weight is 433 g/mol. The highest BCUT2D eigenvalue weighted by atomic mass is 16.5. The van der Waals surface area contributed by atoms with E-state index in [0.717, 1.165) is 32.1 Å². The molecule has 4 aliphatic rings. The molecule has 3 fully saturated rings. The monoisotopic (exact) mass is 432 g/mol. The van der Waals surface area contributed by atoms with Crippen LogP contribution in [0.3, 0.4) is 0 Å². The number of hydrogen-bond acceptors (Lipinski definition) is 4. The molecule has 0 unspecified atom stereocenters. The molecule has 1 aromatic carbocycles. The topological polar surface area (TPSA) is 60.4 Å². The third-order valence-electron chi connectivity index (χ3n) is 9.38. The van der Waals surface area contributed by atoms with E-state index in [1.165, 1.54) is 5.57 Å². The van der Waals surface area contributed by atoms with E-state index in [1.54, 1.807) is 25.1 Å². The van der Waals surface area contributed by atoms with Crippen LogP contribution >= 0.6 is 0 Å². The minimum Gasteiger partial charge on any atom is -0.458 e. The van der Waals surface area contributed by atoms with Crippen molar-refractivity contribution in [1.29, 1.82) is 0 Å². The summed E-state index contributed by atoms with van der Waals surface area (Å²) in [6.07, 6.45) is 9.87. The molecule has 0 amide bonds. The molecule has 0 saturated heterocycles. The Morgan fingerprint density at radius 2 is 1.78 bits per heavy atom. The minimum atomic E-state index is -0.344. The maximum absolute atomic E-state index is 13.1. The quantitative estimate of drug-likeness (QED) is 0.605. The van der Waals surface area contributed by atoms with Crippen molar-refractivity contribution in [1.82, 2.24) is 0 Å². The second-order valence-corrected chi connectivity index (χ2v) is 10.7. The van der Waals surface area contributed by atoms with Crippen LogP contribution in [-0.4, -0.2) is 23.6 Å². The number of esters is 1. The van der Waals surface area contributed by atoms with Crippen LogP contribution in [0.5, 0.6) is 0 Å². The first-order valence-corrected chi connectivity index (χ1v) is 12.0. The number of carbonyl (C=O) groups excluding carboxylic acids is 3. The summed E-state index contributed by atoms with van der Waals surface area (Å²) < 4.78 is 6.27. The Morgan fingerprint density at radius 1 is 1.03 bits per heavy atom. The third kappa shape index (κ3) is 3.06. The van der Waals surface area contributed by atoms with Gasteiger partial charge in [-0.3, -0.25) is 9.59 Å². The van der Waals surface area contributed by atoms with Crippen LogP contribution in [0.4, 0.5) is 0 Å². The number of benzene rings is 1. The lowest BCUT2D eigenvalue weighted by Gasteiger charge is -2.59. The molecule has 7 atom stereocenters. The molecule has 32 heavy (non-hydrogen) atoms. The van der Waals surface area contributed by atoms with Crippen LogP contribution in [0.1, 0.15) is 63.2 Å². The van der Waals surface area contributed by atoms with E-state index in [9.17, 15) is 14.4 Å². The number of ketones is 2. The summed E-state index contributed by atoms with van der Waals surface area (Å²) in [6.45, 7) is 6.14. The first kappa shape index (κ1) is 21.4. The van der Waals surface area contributed by atoms with E-state index in [1.807, 2.05) is 24.3 Å². The maximum Gasteiger partial charge on any atom is 0.338 e. The summed E-state index contributed by atoms with van der Waals surface area (Å²) in [7, 11) is 0. The fourth-order valence-corrected chi connectivity index (χ4v) is 7.75. The van der Waals surface area contributed by atoms with Crippen LogP contribution in [0.2, 0.25) is 0 Å². The number of allylic oxidation sites excluding steroid dienone is 4. The predicted molar refractivity (Wildman–Crippen MR) is 122 cm³/mol. The van der Waals surface area contributed by atoms with Gasteiger partial charge in [0.2, 0.25) is 0 Å². The molecule has 4 heteroatoms. The van der Waals surface area contributed by atoms with E-state index < -0.39 is 0 Å². The molecule has 0 spiro atoms. The molecule has 3 saturated carbocycles. The Balaban J connectivity index is 1.54. The van der Waals surface area contributed by atoms with Gasteiger partial charge in [-0.2, -0.15) is 0 Å². The van der Waals surface area contributed by atoms with Gasteiger partial charge in [0.25, 0.3) is 0 Å². The first-order valence-electron chi connectivity index (χ1n) is 12.0. The Labute approximate surface area is 190 Å². The molecule has 4 aliphatic carbocycles. The van der Waals surface area contributed by atoms with Crippen LogP contribution in [0.15, 0.2) is 54.1 Å². The van der Waals surface area contributed by atoms with Crippen LogP contribution in [0, 0.1) is 34.5 Å². The maximum atomic E-state index is 13.1. The number of fused-ring (bicyclic) bond motifs is 5. The molecule has 1 aromatic rings. The number of Topliss-reactive ketones (excluding diaryl/α,β-unsaturated/α-hetero) is 1. The highest BCUT2D eigenvalue weighted by Gasteiger charge is 2.64. The lowest BCUT2D eigenvalue weighted by atomic mass is 9.46. The van der Waals surface area contributed by atoms with Gasteiger partial charge in [0.15, 0.2) is 5.78 Å². The van der Waals surface area contributed by atoms with Crippen molar-refractivity contribution < 1.29 is 19.1 Å². The van der Waals surface area contributed by atoms with Crippen molar-refractivity contribution in [3.05, 3.63) is 59.7 Å². The smallest absolute Gasteiger partial charge is 0.338 e. The zero-order chi connectivity index (χ0) is 22.7. The molecule has 5 rings (SSSR count). The van der Waals surface area contributed by atoms with Crippen molar-refractivity contribution in [3.63, 3.8) is 0 Å². The van der Waals surface area contributed by atoms with Crippen molar-refractivity contribution in [2.75, 3.05) is 0 Å². The predicted octanol–water partition coefficient (Wildman–Crippen LogP) is 5.34. The fourth-order valence-electron chi connectivity index (χ4n) is 7.75. The Morgan fingerprint density at radius 3 is 2.50 bits per heavy atom. The minimum absolute atomic E-state index is 0.0705. The van der Waals surface area contributed by atoms with E-state index >= 15 is 0 Å². The average Bonchev–Trinajstić information content (AvgIpc) is 3.14. The van der Waals surface area contributed by atoms with Crippen LogP contribution in [0.25, 0.3) is 0 Å². The van der Waals surface area contributed by atoms with Gasteiger partial charge in [0.1, 0.15) is 11.9 Å². The van der Waals surface area contributed by atoms with E-state index in [2.05, 4.69) is 19.9 Å². The number of rotatable bonds is 3. The molecule has 0 aromatic heterocycles. The van der Waals surface area contributed by atoms with Crippen molar-refractivity contribution in [3.8, 4) is 0 Å². The molecule has 0 aliphatic heterocycles. The molecule has 168 valence electrons. The van der Waals surface area contributed by atoms with Gasteiger partial charge in [-0.25, -0.2) is 4.79 Å². The summed E-state index contributed by atoms with van der Waals surface area (Å²) in [5, 5.41) is 0. The van der Waals surface area contributed by atoms with Gasteiger partial charge >= 0.3 is 5.97 Å². The van der Waals surface area contributed by atoms with Crippen molar-refractivity contribution >= 4 is 17.5 Å². The molecule has 0 radical (unpaired) electrons. The summed E-state index contributed by atoms with van der Waals surface area (Å²) in [5.41, 5.74) is 1.22. The third-order valence-corrected chi connectivity index (χ3v) is 9.38. The van der Waals surface area contributed by atoms with Crippen molar-refractivity contribution in [2.45, 2.75) is 59.0 Å². The van der Waals surface area contributed by atoms with Gasteiger partial charge in [-0.1, -0.05) is 43.7 Å². The lowest BCUT2D eigenvalue weighted by Crippen LogP contribution is -2.57. The Kier molecular flexibility index (Phi) is 5.03. The van der Waals surface area contributed by atoms with Crippen molar-refractivity contribution in [2.24, 2.45) is 34.5 Å². The van der Waals surface area contributed by atoms with E-state index in [4.69, 9.17) is 4.74 Å². The second kappa shape index (κ2) is 7.54. The molecular formula is C28H32O4. The first-order chi connectivity index (χ1) is 15.2. The summed E-state index contributed by atoms with van der Waals surface area (Å²) in [5.74, 6) is 0.999. The van der Waals surface area contributed by atoms with Gasteiger partial charge in [-0.15, -0.1) is 0 Å². The van der Waals surface area contributed by atoms with Gasteiger partial charge in [0.05, 0.1) is 5.56 Å². The van der Waals surface area contributed by atoms with E-state index in [-0.39, 0.29) is 40.4 Å². The SMILES string of the molecule is CC(=O)[C@H]1CC[C@H]2[C@@H]3CCC4=CC(=O)C=C[C@]4(C)[C@H]3C[C@H](OC(=O)c3ccccc3)[C@]12C. The Hall–Kier alpha value is -2.49. The number of carbonyl (C=O) groups is 3. The second-order valence-electron chi connectivity index (χ2n) is 10.7. The van der Waals surface area contributed by atoms with Gasteiger partial charge < -0.3 is 4.74 Å². The largest absolute Gasteiger partial charge is 0.458 e. The summed E-state index contributed by atoms with van der Waals surface area (Å²) >= 11 is 0.